The molecule has 0 heterocycles. The van der Waals surface area contributed by atoms with Crippen molar-refractivity contribution in [2.75, 3.05) is 21.1 Å². The van der Waals surface area contributed by atoms with Crippen molar-refractivity contribution >= 4 is 0 Å². The van der Waals surface area contributed by atoms with E-state index in [1.54, 1.807) is 0 Å². The normalized spacial score (nSPS) is 4.29. The summed E-state index contributed by atoms with van der Waals surface area (Å²) >= 11 is 0. The van der Waals surface area contributed by atoms with E-state index in [1.165, 1.54) is 7.05 Å². The molecule has 0 spiro atoms. The molecule has 0 aliphatic heterocycles. The number of rotatable bonds is 0. The van der Waals surface area contributed by atoms with Crippen molar-refractivity contribution in [3.8, 4) is 0 Å². The fourth-order valence-electron chi connectivity index (χ4n) is 0. The van der Waals surface area contributed by atoms with Gasteiger partial charge in [-0.05, 0) is 21.1 Å². The number of hydrogen-bond acceptors (Lipinski definition) is 2. The maximum absolute atomic E-state index is 4.50. The minimum atomic E-state index is 1.50. The van der Waals surface area contributed by atoms with E-state index in [-0.39, 0.29) is 0 Å². The van der Waals surface area contributed by atoms with Crippen LogP contribution in [0, 0.1) is 0 Å². The van der Waals surface area contributed by atoms with Gasteiger partial charge in [0.15, 0.2) is 0 Å². The van der Waals surface area contributed by atoms with Crippen molar-refractivity contribution in [3.63, 3.8) is 0 Å². The summed E-state index contributed by atoms with van der Waals surface area (Å²) in [5.41, 5.74) is 4.50. The van der Waals surface area contributed by atoms with Gasteiger partial charge in [0.2, 0.25) is 0 Å². The van der Waals surface area contributed by atoms with Crippen molar-refractivity contribution in [2.24, 2.45) is 5.73 Å². The van der Waals surface area contributed by atoms with Crippen LogP contribution in [0.3, 0.4) is 0 Å². The Hall–Kier alpha value is -0.0800. The minimum absolute atomic E-state index is 1.50. The molecule has 0 aromatic rings. The van der Waals surface area contributed by atoms with Crippen LogP contribution >= 0.6 is 0 Å². The van der Waals surface area contributed by atoms with Crippen LogP contribution in [0.2, 0.25) is 0 Å². The molecule has 0 radical (unpaired) electrons. The number of nitrogens with one attached hydrogen (secondary N) is 1. The lowest BCUT2D eigenvalue weighted by Gasteiger charge is -1.59. The van der Waals surface area contributed by atoms with Crippen LogP contribution in [0.1, 0.15) is 13.8 Å². The molecule has 0 aromatic carbocycles. The number of hydrogen-bond donors (Lipinski definition) is 2. The largest absolute Gasteiger partial charge is 0.333 e. The summed E-state index contributed by atoms with van der Waals surface area (Å²) < 4.78 is 0. The van der Waals surface area contributed by atoms with E-state index < -0.39 is 0 Å². The molecular weight excluding hydrogens is 88.1 g/mol. The molecule has 3 N–H and O–H groups in total. The SMILES string of the molecule is CC.CN.CNC. The summed E-state index contributed by atoms with van der Waals surface area (Å²) in [7, 11) is 5.25. The van der Waals surface area contributed by atoms with Gasteiger partial charge in [-0.3, -0.25) is 0 Å². The molecule has 48 valence electrons. The Morgan fingerprint density at radius 2 is 1.00 bits per heavy atom. The van der Waals surface area contributed by atoms with Crippen molar-refractivity contribution in [3.05, 3.63) is 0 Å². The first-order chi connectivity index (χ1) is 3.41. The van der Waals surface area contributed by atoms with Crippen LogP contribution in [-0.2, 0) is 0 Å². The highest BCUT2D eigenvalue weighted by Crippen LogP contribution is 1.14. The van der Waals surface area contributed by atoms with Gasteiger partial charge in [0.25, 0.3) is 0 Å². The zero-order chi connectivity index (χ0) is 6.71. The van der Waals surface area contributed by atoms with Gasteiger partial charge in [-0.2, -0.15) is 0 Å². The zero-order valence-electron chi connectivity index (χ0n) is 6.08. The van der Waals surface area contributed by atoms with Gasteiger partial charge in [0.05, 0.1) is 0 Å². The molecule has 0 unspecified atom stereocenters. The molecule has 0 fully saturated rings. The average molecular weight is 106 g/mol. The van der Waals surface area contributed by atoms with Crippen LogP contribution in [0.4, 0.5) is 0 Å². The Morgan fingerprint density at radius 1 is 1.00 bits per heavy atom. The van der Waals surface area contributed by atoms with Gasteiger partial charge in [-0.25, -0.2) is 0 Å². The summed E-state index contributed by atoms with van der Waals surface area (Å²) in [6, 6.07) is 0. The third-order valence-electron chi connectivity index (χ3n) is 0. The van der Waals surface area contributed by atoms with Crippen LogP contribution in [0.15, 0.2) is 0 Å². The Bertz CT molecular complexity index is 6.04. The first-order valence-electron chi connectivity index (χ1n) is 2.58. The lowest BCUT2D eigenvalue weighted by molar-refractivity contribution is 1.02. The van der Waals surface area contributed by atoms with Gasteiger partial charge in [-0.15, -0.1) is 0 Å². The highest BCUT2D eigenvalue weighted by molar-refractivity contribution is 3.91. The third-order valence-corrected chi connectivity index (χ3v) is 0. The van der Waals surface area contributed by atoms with Crippen molar-refractivity contribution < 1.29 is 0 Å². The lowest BCUT2D eigenvalue weighted by atomic mass is 11.0. The van der Waals surface area contributed by atoms with E-state index in [2.05, 4.69) is 11.1 Å². The smallest absolute Gasteiger partial charge is 0.0167 e. The molecule has 0 atom stereocenters. The second-order valence-electron chi connectivity index (χ2n) is 0.500. The van der Waals surface area contributed by atoms with Crippen LogP contribution in [0.25, 0.3) is 0 Å². The maximum Gasteiger partial charge on any atom is -0.0167 e. The predicted octanol–water partition coefficient (Wildman–Crippen LogP) is 0.437. The van der Waals surface area contributed by atoms with Crippen LogP contribution < -0.4 is 11.1 Å². The fourth-order valence-corrected chi connectivity index (χ4v) is 0. The average Bonchev–Trinajstić information content (AvgIpc) is 1.78. The Morgan fingerprint density at radius 3 is 1.00 bits per heavy atom. The molecule has 7 heavy (non-hydrogen) atoms. The quantitative estimate of drug-likeness (QED) is 0.470. The highest BCUT2D eigenvalue weighted by atomic mass is 14.7. The highest BCUT2D eigenvalue weighted by Gasteiger charge is 1.25. The molecule has 0 saturated carbocycles. The van der Waals surface area contributed by atoms with Gasteiger partial charge in [0.1, 0.15) is 0 Å². The van der Waals surface area contributed by atoms with E-state index in [0.29, 0.717) is 0 Å². The maximum atomic E-state index is 4.50. The Balaban J connectivity index is -0.0000000360. The topological polar surface area (TPSA) is 38.0 Å². The molecule has 0 rings (SSSR count). The molecule has 0 bridgehead atoms. The molecule has 0 saturated heterocycles. The van der Waals surface area contributed by atoms with Gasteiger partial charge < -0.3 is 11.1 Å². The fraction of sp³-hybridized carbons (Fsp3) is 1.00. The summed E-state index contributed by atoms with van der Waals surface area (Å²) in [4.78, 5) is 0. The van der Waals surface area contributed by atoms with E-state index in [9.17, 15) is 0 Å². The molecule has 2 heteroatoms. The summed E-state index contributed by atoms with van der Waals surface area (Å²) in [6.45, 7) is 4.00. The molecule has 0 aliphatic carbocycles. The lowest BCUT2D eigenvalue weighted by Crippen LogP contribution is -1.89. The van der Waals surface area contributed by atoms with E-state index in [0.717, 1.165) is 0 Å². The molecule has 2 nitrogen and oxygen atoms in total. The molecule has 0 aliphatic rings. The van der Waals surface area contributed by atoms with Crippen molar-refractivity contribution in [1.29, 1.82) is 0 Å². The monoisotopic (exact) mass is 106 g/mol. The zero-order valence-corrected chi connectivity index (χ0v) is 6.08. The Kier molecular flexibility index (Phi) is 382. The van der Waals surface area contributed by atoms with E-state index >= 15 is 0 Å². The second-order valence-corrected chi connectivity index (χ2v) is 0.500. The summed E-state index contributed by atoms with van der Waals surface area (Å²) in [5, 5.41) is 2.75. The van der Waals surface area contributed by atoms with Gasteiger partial charge in [0, 0.05) is 0 Å². The Labute approximate surface area is 47.1 Å². The van der Waals surface area contributed by atoms with E-state index in [4.69, 9.17) is 0 Å². The summed E-state index contributed by atoms with van der Waals surface area (Å²) in [5.74, 6) is 0. The second kappa shape index (κ2) is 169. The van der Waals surface area contributed by atoms with E-state index in [1.807, 2.05) is 27.9 Å². The van der Waals surface area contributed by atoms with Gasteiger partial charge >= 0.3 is 0 Å². The van der Waals surface area contributed by atoms with Crippen molar-refractivity contribution in [1.82, 2.24) is 5.32 Å². The molecular formula is C5H18N2. The van der Waals surface area contributed by atoms with Crippen LogP contribution in [-0.4, -0.2) is 21.1 Å². The van der Waals surface area contributed by atoms with Gasteiger partial charge in [-0.1, -0.05) is 13.8 Å². The summed E-state index contributed by atoms with van der Waals surface area (Å²) in [6.07, 6.45) is 0. The third kappa shape index (κ3) is 14200. The first kappa shape index (κ1) is 15.8. The predicted molar refractivity (Wildman–Crippen MR) is 36.4 cm³/mol. The molecule has 0 amide bonds. The minimum Gasteiger partial charge on any atom is -0.333 e. The first-order valence-corrected chi connectivity index (χ1v) is 2.58. The van der Waals surface area contributed by atoms with Crippen molar-refractivity contribution in [2.45, 2.75) is 13.8 Å². The van der Waals surface area contributed by atoms with Crippen LogP contribution in [0.5, 0.6) is 0 Å². The number of nitrogens with two attached hydrogens (primary N) is 1. The standard InChI is InChI=1S/C2H7N.C2H6.CH5N/c1-3-2;2*1-2/h3H,1-2H3;1-2H3;2H2,1H3. The molecule has 0 aromatic heterocycles.